The predicted octanol–water partition coefficient (Wildman–Crippen LogP) is 4.59. The molecule has 4 nitrogen and oxygen atoms in total. The molecule has 2 aromatic carbocycles. The van der Waals surface area contributed by atoms with Gasteiger partial charge in [0.05, 0.1) is 11.9 Å². The summed E-state index contributed by atoms with van der Waals surface area (Å²) in [5.41, 5.74) is 1.41. The van der Waals surface area contributed by atoms with Gasteiger partial charge in [0.2, 0.25) is 5.89 Å². The monoisotopic (exact) mass is 316 g/mol. The van der Waals surface area contributed by atoms with Crippen LogP contribution in [-0.2, 0) is 0 Å². The number of hydrogen-bond donors (Lipinski definition) is 1. The number of oxazole rings is 1. The first-order valence-corrected chi connectivity index (χ1v) is 6.75. The van der Waals surface area contributed by atoms with Gasteiger partial charge in [-0.15, -0.1) is 0 Å². The van der Waals surface area contributed by atoms with Crippen molar-refractivity contribution in [3.8, 4) is 17.4 Å². The summed E-state index contributed by atoms with van der Waals surface area (Å²) < 4.78 is 18.0. The Morgan fingerprint density at radius 1 is 1.09 bits per heavy atom. The van der Waals surface area contributed by atoms with Gasteiger partial charge in [-0.1, -0.05) is 11.6 Å². The molecule has 0 saturated carbocycles. The minimum Gasteiger partial charge on any atom is -0.479 e. The summed E-state index contributed by atoms with van der Waals surface area (Å²) in [5, 5.41) is 10.4. The van der Waals surface area contributed by atoms with Crippen molar-refractivity contribution in [3.63, 3.8) is 0 Å². The van der Waals surface area contributed by atoms with Crippen LogP contribution in [0.2, 0.25) is 5.02 Å². The summed E-state index contributed by atoms with van der Waals surface area (Å²) in [6.45, 7) is 0. The molecular weight excluding hydrogens is 307 g/mol. The number of nitrogens with zero attached hydrogens (tertiary/aromatic N) is 2. The molecule has 0 spiro atoms. The third-order valence-corrected chi connectivity index (χ3v) is 3.14. The van der Waals surface area contributed by atoms with Crippen LogP contribution >= 0.6 is 11.6 Å². The lowest BCUT2D eigenvalue weighted by molar-refractivity contribution is 0.337. The molecule has 0 fully saturated rings. The molecule has 0 saturated heterocycles. The van der Waals surface area contributed by atoms with Crippen molar-refractivity contribution in [2.45, 2.75) is 0 Å². The van der Waals surface area contributed by atoms with Crippen molar-refractivity contribution in [2.24, 2.45) is 4.99 Å². The van der Waals surface area contributed by atoms with Crippen LogP contribution < -0.4 is 0 Å². The van der Waals surface area contributed by atoms with Crippen LogP contribution in [-0.4, -0.2) is 16.3 Å². The van der Waals surface area contributed by atoms with Gasteiger partial charge < -0.3 is 9.52 Å². The summed E-state index contributed by atoms with van der Waals surface area (Å²) in [6.07, 6.45) is 1.35. The van der Waals surface area contributed by atoms with Gasteiger partial charge in [-0.05, 0) is 48.5 Å². The molecule has 0 unspecified atom stereocenters. The zero-order chi connectivity index (χ0) is 15.5. The van der Waals surface area contributed by atoms with E-state index in [4.69, 9.17) is 16.0 Å². The van der Waals surface area contributed by atoms with E-state index in [1.54, 1.807) is 24.3 Å². The van der Waals surface area contributed by atoms with Gasteiger partial charge >= 0.3 is 5.95 Å². The zero-order valence-corrected chi connectivity index (χ0v) is 12.0. The van der Waals surface area contributed by atoms with Gasteiger partial charge in [0.25, 0.3) is 0 Å². The SMILES string of the molecule is Oc1oc(-c2ccc(Cl)cc2)nc1C=Nc1ccc(F)cc1. The van der Waals surface area contributed by atoms with Crippen molar-refractivity contribution >= 4 is 23.5 Å². The van der Waals surface area contributed by atoms with Gasteiger partial charge in [0.1, 0.15) is 5.82 Å². The number of aromatic nitrogens is 1. The quantitative estimate of drug-likeness (QED) is 0.719. The Labute approximate surface area is 130 Å². The molecule has 0 radical (unpaired) electrons. The number of aromatic hydroxyl groups is 1. The van der Waals surface area contributed by atoms with Crippen molar-refractivity contribution in [1.82, 2.24) is 4.98 Å². The van der Waals surface area contributed by atoms with E-state index in [1.165, 1.54) is 30.5 Å². The second kappa shape index (κ2) is 5.99. The maximum atomic E-state index is 12.8. The van der Waals surface area contributed by atoms with E-state index < -0.39 is 0 Å². The highest BCUT2D eigenvalue weighted by Crippen LogP contribution is 2.26. The van der Waals surface area contributed by atoms with E-state index in [9.17, 15) is 9.50 Å². The molecule has 1 N–H and O–H groups in total. The number of hydrogen-bond acceptors (Lipinski definition) is 4. The summed E-state index contributed by atoms with van der Waals surface area (Å²) in [7, 11) is 0. The number of aliphatic imine (C=N–C) groups is 1. The Morgan fingerprint density at radius 3 is 2.45 bits per heavy atom. The molecule has 110 valence electrons. The molecule has 0 aliphatic heterocycles. The number of rotatable bonds is 3. The first-order valence-electron chi connectivity index (χ1n) is 6.37. The lowest BCUT2D eigenvalue weighted by Gasteiger charge is -1.94. The maximum Gasteiger partial charge on any atom is 0.312 e. The van der Waals surface area contributed by atoms with Crippen LogP contribution in [0.5, 0.6) is 5.95 Å². The third-order valence-electron chi connectivity index (χ3n) is 2.89. The van der Waals surface area contributed by atoms with E-state index in [1.807, 2.05) is 0 Å². The summed E-state index contributed by atoms with van der Waals surface area (Å²) >= 11 is 5.82. The zero-order valence-electron chi connectivity index (χ0n) is 11.2. The molecule has 0 bridgehead atoms. The summed E-state index contributed by atoms with van der Waals surface area (Å²) in [4.78, 5) is 8.26. The minimum absolute atomic E-state index is 0.189. The van der Waals surface area contributed by atoms with Crippen molar-refractivity contribution in [2.75, 3.05) is 0 Å². The van der Waals surface area contributed by atoms with Crippen LogP contribution in [0.25, 0.3) is 11.5 Å². The van der Waals surface area contributed by atoms with E-state index in [0.717, 1.165) is 0 Å². The van der Waals surface area contributed by atoms with Crippen LogP contribution in [0.3, 0.4) is 0 Å². The highest BCUT2D eigenvalue weighted by atomic mass is 35.5. The molecule has 1 heterocycles. The molecule has 3 rings (SSSR count). The van der Waals surface area contributed by atoms with E-state index >= 15 is 0 Å². The summed E-state index contributed by atoms with van der Waals surface area (Å²) in [5.74, 6) is -0.418. The van der Waals surface area contributed by atoms with Gasteiger partial charge in [-0.25, -0.2) is 9.37 Å². The Balaban J connectivity index is 1.86. The molecule has 6 heteroatoms. The first-order chi connectivity index (χ1) is 10.6. The standard InChI is InChI=1S/C16H10ClFN2O2/c17-11-3-1-10(2-4-11)15-20-14(16(21)22-15)9-19-13-7-5-12(18)6-8-13/h1-9,21H. The Hall–Kier alpha value is -2.66. The van der Waals surface area contributed by atoms with E-state index in [2.05, 4.69) is 9.98 Å². The molecule has 1 aromatic heterocycles. The molecule has 0 aliphatic carbocycles. The topological polar surface area (TPSA) is 58.6 Å². The highest BCUT2D eigenvalue weighted by Gasteiger charge is 2.12. The van der Waals surface area contributed by atoms with Crippen LogP contribution in [0.4, 0.5) is 10.1 Å². The third kappa shape index (κ3) is 3.15. The predicted molar refractivity (Wildman–Crippen MR) is 82.3 cm³/mol. The fourth-order valence-corrected chi connectivity index (χ4v) is 1.91. The Kier molecular flexibility index (Phi) is 3.89. The van der Waals surface area contributed by atoms with Crippen molar-refractivity contribution in [1.29, 1.82) is 0 Å². The Bertz CT molecular complexity index is 811. The fraction of sp³-hybridized carbons (Fsp3) is 0. The van der Waals surface area contributed by atoms with Crippen LogP contribution in [0, 0.1) is 5.82 Å². The molecule has 22 heavy (non-hydrogen) atoms. The normalized spacial score (nSPS) is 11.2. The van der Waals surface area contributed by atoms with E-state index in [0.29, 0.717) is 16.3 Å². The van der Waals surface area contributed by atoms with Gasteiger partial charge in [-0.2, -0.15) is 0 Å². The lowest BCUT2D eigenvalue weighted by Crippen LogP contribution is -1.83. The van der Waals surface area contributed by atoms with Gasteiger partial charge in [0, 0.05) is 10.6 Å². The largest absolute Gasteiger partial charge is 0.479 e. The first kappa shape index (κ1) is 14.3. The van der Waals surface area contributed by atoms with Crippen molar-refractivity contribution < 1.29 is 13.9 Å². The number of halogens is 2. The van der Waals surface area contributed by atoms with Crippen LogP contribution in [0.15, 0.2) is 57.9 Å². The van der Waals surface area contributed by atoms with Crippen molar-refractivity contribution in [3.05, 3.63) is 65.1 Å². The fourth-order valence-electron chi connectivity index (χ4n) is 1.79. The minimum atomic E-state index is -0.340. The maximum absolute atomic E-state index is 12.8. The molecule has 0 aliphatic rings. The Morgan fingerprint density at radius 2 is 1.77 bits per heavy atom. The number of benzene rings is 2. The van der Waals surface area contributed by atoms with Gasteiger partial charge in [0.15, 0.2) is 5.69 Å². The average Bonchev–Trinajstić information content (AvgIpc) is 2.88. The lowest BCUT2D eigenvalue weighted by atomic mass is 10.2. The average molecular weight is 317 g/mol. The van der Waals surface area contributed by atoms with E-state index in [-0.39, 0.29) is 23.3 Å². The highest BCUT2D eigenvalue weighted by molar-refractivity contribution is 6.30. The summed E-state index contributed by atoms with van der Waals surface area (Å²) in [6, 6.07) is 12.5. The second-order valence-corrected chi connectivity index (χ2v) is 4.89. The molecule has 0 amide bonds. The second-order valence-electron chi connectivity index (χ2n) is 4.45. The molecule has 0 atom stereocenters. The smallest absolute Gasteiger partial charge is 0.312 e. The van der Waals surface area contributed by atoms with Gasteiger partial charge in [-0.3, -0.25) is 4.99 Å². The molecule has 3 aromatic rings. The molecular formula is C16H10ClFN2O2. The van der Waals surface area contributed by atoms with Crippen LogP contribution in [0.1, 0.15) is 5.69 Å².